The number of piperazine rings is 1. The molecular weight excluding hydrogens is 398 g/mol. The fourth-order valence-corrected chi connectivity index (χ4v) is 4.40. The first-order valence-corrected chi connectivity index (χ1v) is 10.8. The van der Waals surface area contributed by atoms with Gasteiger partial charge in [0.25, 0.3) is 11.8 Å². The molecule has 2 heterocycles. The minimum absolute atomic E-state index is 0.0273. The number of hydrogen-bond acceptors (Lipinski definition) is 3. The summed E-state index contributed by atoms with van der Waals surface area (Å²) in [7, 11) is 0. The van der Waals surface area contributed by atoms with E-state index in [9.17, 15) is 9.59 Å². The Bertz CT molecular complexity index is 962. The molecule has 4 rings (SSSR count). The van der Waals surface area contributed by atoms with Crippen LogP contribution in [0.1, 0.15) is 30.9 Å². The van der Waals surface area contributed by atoms with E-state index in [-0.39, 0.29) is 10.9 Å². The average Bonchev–Trinajstić information content (AvgIpc) is 2.98. The Balaban J connectivity index is 1.44. The third-order valence-electron chi connectivity index (χ3n) is 5.91. The van der Waals surface area contributed by atoms with Gasteiger partial charge >= 0.3 is 0 Å². The molecule has 1 N–H and O–H groups in total. The lowest BCUT2D eigenvalue weighted by Gasteiger charge is -2.33. The van der Waals surface area contributed by atoms with Gasteiger partial charge in [0.15, 0.2) is 0 Å². The third kappa shape index (κ3) is 4.00. The number of halogens is 1. The highest BCUT2D eigenvalue weighted by Gasteiger charge is 2.42. The quantitative estimate of drug-likeness (QED) is 0.750. The highest BCUT2D eigenvalue weighted by atomic mass is 35.5. The van der Waals surface area contributed by atoms with Crippen molar-refractivity contribution in [3.8, 4) is 0 Å². The van der Waals surface area contributed by atoms with Gasteiger partial charge in [0.1, 0.15) is 17.3 Å². The normalized spacial score (nSPS) is 18.1. The van der Waals surface area contributed by atoms with Crippen LogP contribution in [0.25, 0.3) is 0 Å². The van der Waals surface area contributed by atoms with Gasteiger partial charge in [-0.3, -0.25) is 9.59 Å². The summed E-state index contributed by atoms with van der Waals surface area (Å²) in [6.45, 7) is 8.37. The number of carbonyl (C=O) groups excluding carboxylic acids is 2. The Morgan fingerprint density at radius 2 is 1.57 bits per heavy atom. The molecule has 0 bridgehead atoms. The van der Waals surface area contributed by atoms with Crippen molar-refractivity contribution in [3.05, 3.63) is 76.5 Å². The van der Waals surface area contributed by atoms with Crippen molar-refractivity contribution in [1.29, 1.82) is 0 Å². The zero-order valence-electron chi connectivity index (χ0n) is 17.4. The topological polar surface area (TPSA) is 45.1 Å². The van der Waals surface area contributed by atoms with Gasteiger partial charge < -0.3 is 9.80 Å². The number of imide groups is 1. The summed E-state index contributed by atoms with van der Waals surface area (Å²) in [5.41, 5.74) is 3.38. The first kappa shape index (κ1) is 20.6. The van der Waals surface area contributed by atoms with Crippen molar-refractivity contribution < 1.29 is 14.5 Å². The number of nitrogens with zero attached hydrogens (tertiary/aromatic N) is 2. The van der Waals surface area contributed by atoms with Crippen molar-refractivity contribution in [2.75, 3.05) is 31.1 Å². The first-order chi connectivity index (χ1) is 14.5. The SMILES string of the molecule is CC(C)c1ccc(N2C(=O)C(Cl)=C(N3CC[NH+](Cc4ccccc4)CC3)C2=O)cc1. The second-order valence-corrected chi connectivity index (χ2v) is 8.63. The molecular formula is C24H27ClN3O2+. The second-order valence-electron chi connectivity index (χ2n) is 8.25. The molecule has 0 radical (unpaired) electrons. The van der Waals surface area contributed by atoms with Crippen molar-refractivity contribution in [2.24, 2.45) is 0 Å². The molecule has 2 amide bonds. The standard InChI is InChI=1S/C24H26ClN3O2/c1-17(2)19-8-10-20(11-9-19)28-23(29)21(25)22(24(28)30)27-14-12-26(13-15-27)16-18-6-4-3-5-7-18/h3-11,17H,12-16H2,1-2H3/p+1. The van der Waals surface area contributed by atoms with Crippen LogP contribution in [0, 0.1) is 0 Å². The summed E-state index contributed by atoms with van der Waals surface area (Å²) >= 11 is 6.37. The van der Waals surface area contributed by atoms with Crippen LogP contribution in [0.2, 0.25) is 0 Å². The van der Waals surface area contributed by atoms with E-state index in [1.807, 2.05) is 35.2 Å². The number of nitrogens with one attached hydrogen (secondary N) is 1. The van der Waals surface area contributed by atoms with E-state index in [1.165, 1.54) is 15.4 Å². The van der Waals surface area contributed by atoms with E-state index in [0.29, 0.717) is 30.4 Å². The third-order valence-corrected chi connectivity index (χ3v) is 6.25. The van der Waals surface area contributed by atoms with E-state index in [1.54, 1.807) is 0 Å². The lowest BCUT2D eigenvalue weighted by Crippen LogP contribution is -3.13. The van der Waals surface area contributed by atoms with Gasteiger partial charge in [-0.05, 0) is 23.6 Å². The van der Waals surface area contributed by atoms with Crippen LogP contribution in [-0.2, 0) is 16.1 Å². The van der Waals surface area contributed by atoms with E-state index < -0.39 is 5.91 Å². The molecule has 2 aliphatic heterocycles. The Hall–Kier alpha value is -2.63. The summed E-state index contributed by atoms with van der Waals surface area (Å²) in [4.78, 5) is 30.5. The summed E-state index contributed by atoms with van der Waals surface area (Å²) in [6, 6.07) is 18.0. The summed E-state index contributed by atoms with van der Waals surface area (Å²) in [5.74, 6) is -0.377. The molecule has 0 atom stereocenters. The summed E-state index contributed by atoms with van der Waals surface area (Å²) in [6.07, 6.45) is 0. The van der Waals surface area contributed by atoms with Crippen LogP contribution >= 0.6 is 11.6 Å². The number of quaternary nitrogens is 1. The van der Waals surface area contributed by atoms with Gasteiger partial charge in [0, 0.05) is 5.56 Å². The number of carbonyl (C=O) groups is 2. The molecule has 0 aliphatic carbocycles. The van der Waals surface area contributed by atoms with Gasteiger partial charge in [-0.1, -0.05) is 67.9 Å². The van der Waals surface area contributed by atoms with Crippen molar-refractivity contribution in [3.63, 3.8) is 0 Å². The number of hydrogen-bond donors (Lipinski definition) is 1. The van der Waals surface area contributed by atoms with Crippen molar-refractivity contribution >= 4 is 29.1 Å². The Kier molecular flexibility index (Phi) is 5.93. The Labute approximate surface area is 182 Å². The molecule has 2 aliphatic rings. The highest BCUT2D eigenvalue weighted by Crippen LogP contribution is 2.31. The lowest BCUT2D eigenvalue weighted by molar-refractivity contribution is -0.917. The molecule has 0 saturated carbocycles. The van der Waals surface area contributed by atoms with E-state index in [0.717, 1.165) is 25.2 Å². The Morgan fingerprint density at radius 3 is 2.17 bits per heavy atom. The maximum Gasteiger partial charge on any atom is 0.283 e. The summed E-state index contributed by atoms with van der Waals surface area (Å²) < 4.78 is 0. The molecule has 2 aromatic rings. The van der Waals surface area contributed by atoms with Crippen LogP contribution in [0.3, 0.4) is 0 Å². The van der Waals surface area contributed by atoms with Crippen LogP contribution in [0.4, 0.5) is 5.69 Å². The number of benzene rings is 2. The maximum atomic E-state index is 13.1. The van der Waals surface area contributed by atoms with E-state index in [4.69, 9.17) is 11.6 Å². The maximum absolute atomic E-state index is 13.1. The molecule has 5 nitrogen and oxygen atoms in total. The fourth-order valence-electron chi connectivity index (χ4n) is 4.12. The largest absolute Gasteiger partial charge is 0.354 e. The number of amides is 2. The molecule has 30 heavy (non-hydrogen) atoms. The molecule has 156 valence electrons. The second kappa shape index (κ2) is 8.62. The van der Waals surface area contributed by atoms with Gasteiger partial charge in [0.05, 0.1) is 31.9 Å². The molecule has 0 aromatic heterocycles. The van der Waals surface area contributed by atoms with E-state index in [2.05, 4.69) is 38.1 Å². The highest BCUT2D eigenvalue weighted by molar-refractivity contribution is 6.52. The average molecular weight is 425 g/mol. The minimum atomic E-state index is -0.437. The fraction of sp³-hybridized carbons (Fsp3) is 0.333. The smallest absolute Gasteiger partial charge is 0.283 e. The number of rotatable bonds is 5. The monoisotopic (exact) mass is 424 g/mol. The van der Waals surface area contributed by atoms with Crippen LogP contribution < -0.4 is 9.80 Å². The van der Waals surface area contributed by atoms with Crippen LogP contribution in [0.15, 0.2) is 65.3 Å². The summed E-state index contributed by atoms with van der Waals surface area (Å²) in [5, 5.41) is 0.0273. The van der Waals surface area contributed by atoms with Gasteiger partial charge in [-0.15, -0.1) is 0 Å². The van der Waals surface area contributed by atoms with Gasteiger partial charge in [0.2, 0.25) is 0 Å². The molecule has 2 aromatic carbocycles. The predicted molar refractivity (Wildman–Crippen MR) is 118 cm³/mol. The molecule has 0 spiro atoms. The molecule has 0 unspecified atom stereocenters. The predicted octanol–water partition coefficient (Wildman–Crippen LogP) is 2.53. The van der Waals surface area contributed by atoms with Gasteiger partial charge in [-0.25, -0.2) is 4.90 Å². The zero-order valence-corrected chi connectivity index (χ0v) is 18.2. The molecule has 1 fully saturated rings. The van der Waals surface area contributed by atoms with E-state index >= 15 is 0 Å². The van der Waals surface area contributed by atoms with Crippen LogP contribution in [0.5, 0.6) is 0 Å². The molecule has 1 saturated heterocycles. The van der Waals surface area contributed by atoms with Gasteiger partial charge in [-0.2, -0.15) is 0 Å². The number of anilines is 1. The lowest BCUT2D eigenvalue weighted by atomic mass is 10.0. The Morgan fingerprint density at radius 1 is 0.933 bits per heavy atom. The zero-order chi connectivity index (χ0) is 21.3. The minimum Gasteiger partial charge on any atom is -0.354 e. The van der Waals surface area contributed by atoms with Crippen molar-refractivity contribution in [2.45, 2.75) is 26.3 Å². The van der Waals surface area contributed by atoms with Crippen molar-refractivity contribution in [1.82, 2.24) is 4.90 Å². The first-order valence-electron chi connectivity index (χ1n) is 10.5. The van der Waals surface area contributed by atoms with Crippen LogP contribution in [-0.4, -0.2) is 42.9 Å². The molecule has 6 heteroatoms.